The zero-order chi connectivity index (χ0) is 25.5. The van der Waals surface area contributed by atoms with Crippen molar-refractivity contribution in [2.75, 3.05) is 0 Å². The van der Waals surface area contributed by atoms with E-state index < -0.39 is 0 Å². The molecule has 0 aliphatic heterocycles. The Kier molecular flexibility index (Phi) is 7.13. The molecule has 0 aliphatic rings. The first-order valence-electron chi connectivity index (χ1n) is 12.0. The van der Waals surface area contributed by atoms with Crippen molar-refractivity contribution >= 4 is 70.0 Å². The molecule has 0 aliphatic carbocycles. The molecule has 0 bridgehead atoms. The molecule has 4 nitrogen and oxygen atoms in total. The summed E-state index contributed by atoms with van der Waals surface area (Å²) in [4.78, 5) is 15.0. The van der Waals surface area contributed by atoms with Gasteiger partial charge < -0.3 is 14.7 Å². The van der Waals surface area contributed by atoms with Crippen molar-refractivity contribution in [3.63, 3.8) is 0 Å². The van der Waals surface area contributed by atoms with Crippen LogP contribution in [0.2, 0.25) is 0 Å². The summed E-state index contributed by atoms with van der Waals surface area (Å²) in [5.74, 6) is -0.0625. The summed E-state index contributed by atoms with van der Waals surface area (Å²) in [5.41, 5.74) is 4.44. The van der Waals surface area contributed by atoms with E-state index in [0.717, 1.165) is 27.5 Å². The topological polar surface area (TPSA) is 55.1 Å². The van der Waals surface area contributed by atoms with E-state index >= 15 is 0 Å². The number of ketones is 1. The predicted octanol–water partition coefficient (Wildman–Crippen LogP) is 8.53. The molecule has 1 N–H and O–H groups in total. The third-order valence-corrected chi connectivity index (χ3v) is 7.45. The molecule has 6 heteroatoms. The van der Waals surface area contributed by atoms with Crippen molar-refractivity contribution in [2.24, 2.45) is 0 Å². The summed E-state index contributed by atoms with van der Waals surface area (Å²) in [5, 5.41) is 14.3. The van der Waals surface area contributed by atoms with E-state index in [1.807, 2.05) is 23.6 Å². The van der Waals surface area contributed by atoms with Crippen LogP contribution in [0.3, 0.4) is 0 Å². The van der Waals surface area contributed by atoms with Gasteiger partial charge in [0.1, 0.15) is 0 Å². The van der Waals surface area contributed by atoms with Gasteiger partial charge in [0, 0.05) is 64.7 Å². The number of carbonyl (C=O) groups excluding carboxylic acids is 1. The number of fused-ring (bicyclic) bond motifs is 4. The van der Waals surface area contributed by atoms with Crippen LogP contribution in [0.1, 0.15) is 13.8 Å². The summed E-state index contributed by atoms with van der Waals surface area (Å²) in [6.07, 6.45) is 3.16. The van der Waals surface area contributed by atoms with Crippen molar-refractivity contribution in [2.45, 2.75) is 13.8 Å². The van der Waals surface area contributed by atoms with E-state index in [2.05, 4.69) is 89.5 Å². The van der Waals surface area contributed by atoms with Crippen LogP contribution in [0.5, 0.6) is 0 Å². The fraction of sp³-hybridized carbons (Fsp3) is 0.0625. The first-order valence-corrected chi connectivity index (χ1v) is 12.8. The van der Waals surface area contributed by atoms with Crippen LogP contribution in [0, 0.1) is 6.07 Å². The molecular formula is C32H23IrN2O2S-. The van der Waals surface area contributed by atoms with Gasteiger partial charge >= 0.3 is 0 Å². The number of hydrogen-bond donors (Lipinski definition) is 1. The van der Waals surface area contributed by atoms with Crippen LogP contribution in [0.15, 0.2) is 103 Å². The molecule has 3 heterocycles. The first kappa shape index (κ1) is 25.8. The third kappa shape index (κ3) is 4.41. The van der Waals surface area contributed by atoms with Gasteiger partial charge in [-0.2, -0.15) is 11.3 Å². The maximum atomic E-state index is 10.0. The molecule has 0 fully saturated rings. The Labute approximate surface area is 237 Å². The number of allylic oxidation sites excluding steroid dienone is 2. The largest absolute Gasteiger partial charge is 0.512 e. The molecule has 0 amide bonds. The SMILES string of the molecule is CC(=O)/C=C(/C)O.[Ir].[c-]1ccc2sc3cccc4c3c2c1c1ncc2ccccc2c1n4-c1ccccc1. The van der Waals surface area contributed by atoms with Gasteiger partial charge in [-0.3, -0.25) is 4.79 Å². The van der Waals surface area contributed by atoms with Crippen LogP contribution in [0.25, 0.3) is 58.6 Å². The third-order valence-electron chi connectivity index (χ3n) is 6.33. The summed E-state index contributed by atoms with van der Waals surface area (Å²) in [6, 6.07) is 33.5. The molecule has 0 saturated carbocycles. The van der Waals surface area contributed by atoms with E-state index in [9.17, 15) is 4.79 Å². The predicted molar refractivity (Wildman–Crippen MR) is 155 cm³/mol. The number of aromatic nitrogens is 2. The fourth-order valence-electron chi connectivity index (χ4n) is 4.98. The zero-order valence-corrected chi connectivity index (χ0v) is 23.9. The van der Waals surface area contributed by atoms with Gasteiger partial charge in [-0.15, -0.1) is 23.6 Å². The van der Waals surface area contributed by atoms with Crippen LogP contribution < -0.4 is 0 Å². The molecule has 0 unspecified atom stereocenters. The van der Waals surface area contributed by atoms with Crippen LogP contribution in [-0.4, -0.2) is 20.4 Å². The summed E-state index contributed by atoms with van der Waals surface area (Å²) in [6.45, 7) is 2.85. The second-order valence-corrected chi connectivity index (χ2v) is 10.0. The molecule has 0 spiro atoms. The Balaban J connectivity index is 0.000000329. The molecule has 7 rings (SSSR count). The van der Waals surface area contributed by atoms with E-state index in [1.54, 1.807) is 0 Å². The number of pyridine rings is 1. The zero-order valence-electron chi connectivity index (χ0n) is 20.7. The minimum Gasteiger partial charge on any atom is -0.512 e. The van der Waals surface area contributed by atoms with Crippen molar-refractivity contribution in [1.29, 1.82) is 0 Å². The van der Waals surface area contributed by atoms with E-state index in [1.165, 1.54) is 51.0 Å². The second-order valence-electron chi connectivity index (χ2n) is 8.95. The van der Waals surface area contributed by atoms with E-state index in [0.29, 0.717) is 0 Å². The van der Waals surface area contributed by atoms with Gasteiger partial charge in [-0.1, -0.05) is 53.9 Å². The number of para-hydroxylation sites is 1. The molecule has 3 aromatic heterocycles. The van der Waals surface area contributed by atoms with Crippen molar-refractivity contribution in [3.8, 4) is 5.69 Å². The Morgan fingerprint density at radius 3 is 2.39 bits per heavy atom. The van der Waals surface area contributed by atoms with Crippen LogP contribution in [-0.2, 0) is 24.9 Å². The smallest absolute Gasteiger partial charge is 0.155 e. The number of aliphatic hydroxyl groups is 1. The van der Waals surface area contributed by atoms with Crippen molar-refractivity contribution < 1.29 is 30.0 Å². The van der Waals surface area contributed by atoms with Crippen molar-refractivity contribution in [3.05, 3.63) is 109 Å². The number of benzene rings is 4. The summed E-state index contributed by atoms with van der Waals surface area (Å²) in [7, 11) is 0. The Hall–Kier alpha value is -3.83. The van der Waals surface area contributed by atoms with Crippen LogP contribution >= 0.6 is 11.3 Å². The number of carbonyl (C=O) groups is 1. The molecule has 1 radical (unpaired) electrons. The van der Waals surface area contributed by atoms with Gasteiger partial charge in [0.2, 0.25) is 0 Å². The summed E-state index contributed by atoms with van der Waals surface area (Å²) >= 11 is 1.84. The average Bonchev–Trinajstić information content (AvgIpc) is 3.22. The number of nitrogens with zero attached hydrogens (tertiary/aromatic N) is 2. The number of rotatable bonds is 2. The monoisotopic (exact) mass is 692 g/mol. The standard InChI is InChI=1S/C27H15N2S.C5H8O2.Ir/c1-2-9-18(10-3-1)29-21-13-7-15-23-25(21)24-20(12-6-14-22(24)30-23)26-27(29)19-11-5-4-8-17(19)16-28-26;1-4(6)3-5(2)7;/h1-11,13-16H;3,6H,1-2H3;/q-1;;/b;4-3-;. The number of thiophene rings is 1. The molecule has 0 saturated heterocycles. The van der Waals surface area contributed by atoms with Crippen LogP contribution in [0.4, 0.5) is 0 Å². The average molecular weight is 692 g/mol. The quantitative estimate of drug-likeness (QED) is 0.112. The molecule has 0 atom stereocenters. The Morgan fingerprint density at radius 2 is 1.66 bits per heavy atom. The van der Waals surface area contributed by atoms with E-state index in [4.69, 9.17) is 10.1 Å². The molecular weight excluding hydrogens is 669 g/mol. The number of hydrogen-bond acceptors (Lipinski definition) is 4. The first-order chi connectivity index (χ1) is 18.0. The molecule has 7 aromatic rings. The molecule has 38 heavy (non-hydrogen) atoms. The Bertz CT molecular complexity index is 1980. The van der Waals surface area contributed by atoms with Gasteiger partial charge in [-0.25, -0.2) is 0 Å². The minimum atomic E-state index is -0.125. The van der Waals surface area contributed by atoms with Crippen molar-refractivity contribution in [1.82, 2.24) is 9.55 Å². The van der Waals surface area contributed by atoms with Gasteiger partial charge in [-0.05, 0) is 53.6 Å². The van der Waals surface area contributed by atoms with Gasteiger partial charge in [0.05, 0.1) is 5.76 Å². The maximum Gasteiger partial charge on any atom is 0.155 e. The molecule has 189 valence electrons. The number of aliphatic hydroxyl groups excluding tert-OH is 1. The fourth-order valence-corrected chi connectivity index (χ4v) is 6.11. The van der Waals surface area contributed by atoms with Gasteiger partial charge in [0.15, 0.2) is 5.78 Å². The Morgan fingerprint density at radius 1 is 0.921 bits per heavy atom. The van der Waals surface area contributed by atoms with Gasteiger partial charge in [0.25, 0.3) is 0 Å². The maximum absolute atomic E-state index is 10.0. The summed E-state index contributed by atoms with van der Waals surface area (Å²) < 4.78 is 4.95. The minimum absolute atomic E-state index is 0. The normalized spacial score (nSPS) is 11.6. The van der Waals surface area contributed by atoms with E-state index in [-0.39, 0.29) is 31.6 Å². The second kappa shape index (κ2) is 10.5. The molecule has 4 aromatic carbocycles.